The lowest BCUT2D eigenvalue weighted by Crippen LogP contribution is -2.44. The Morgan fingerprint density at radius 2 is 2.18 bits per heavy atom. The summed E-state index contributed by atoms with van der Waals surface area (Å²) in [4.78, 5) is 15.4. The summed E-state index contributed by atoms with van der Waals surface area (Å²) in [5.41, 5.74) is 0. The smallest absolute Gasteiger partial charge is 0.302 e. The van der Waals surface area contributed by atoms with Gasteiger partial charge in [-0.05, 0) is 24.2 Å². The number of ether oxygens (including phenoxy) is 2. The summed E-state index contributed by atoms with van der Waals surface area (Å²) in [6, 6.07) is 0.290. The molecule has 1 fully saturated rings. The van der Waals surface area contributed by atoms with Crippen LogP contribution < -0.4 is 0 Å². The van der Waals surface area contributed by atoms with Crippen molar-refractivity contribution >= 4 is 11.9 Å². The lowest BCUT2D eigenvalue weighted by molar-refractivity contribution is -0.144. The Hall–Kier alpha value is -1.06. The maximum Gasteiger partial charge on any atom is 0.302 e. The van der Waals surface area contributed by atoms with Crippen molar-refractivity contribution in [2.24, 2.45) is 22.7 Å². The fourth-order valence-corrected chi connectivity index (χ4v) is 2.95. The van der Waals surface area contributed by atoms with Gasteiger partial charge in [0.05, 0.1) is 12.6 Å². The first-order valence-electron chi connectivity index (χ1n) is 6.33. The number of rotatable bonds is 2. The third-order valence-electron chi connectivity index (χ3n) is 4.18. The van der Waals surface area contributed by atoms with Crippen LogP contribution in [0.3, 0.4) is 0 Å². The van der Waals surface area contributed by atoms with Crippen LogP contribution in [-0.4, -0.2) is 30.6 Å². The quantitative estimate of drug-likeness (QED) is 0.693. The Bertz CT molecular complexity index is 340. The molecule has 5 unspecified atom stereocenters. The normalized spacial score (nSPS) is 40.2. The third-order valence-corrected chi connectivity index (χ3v) is 4.18. The van der Waals surface area contributed by atoms with Crippen molar-refractivity contribution in [3.8, 4) is 0 Å². The highest BCUT2D eigenvalue weighted by Gasteiger charge is 2.44. The van der Waals surface area contributed by atoms with Crippen LogP contribution in [0.5, 0.6) is 0 Å². The molecule has 17 heavy (non-hydrogen) atoms. The van der Waals surface area contributed by atoms with Crippen molar-refractivity contribution in [2.45, 2.75) is 46.3 Å². The molecule has 0 spiro atoms. The number of fused-ring (bicyclic) bond motifs is 1. The minimum absolute atomic E-state index is 0.182. The summed E-state index contributed by atoms with van der Waals surface area (Å²) < 4.78 is 10.9. The molecule has 1 aliphatic carbocycles. The van der Waals surface area contributed by atoms with Gasteiger partial charge in [-0.2, -0.15) is 0 Å². The molecule has 2 rings (SSSR count). The van der Waals surface area contributed by atoms with Crippen LogP contribution in [0.15, 0.2) is 4.99 Å². The summed E-state index contributed by atoms with van der Waals surface area (Å²) in [6.45, 7) is 8.31. The molecule has 5 atom stereocenters. The molecule has 0 radical (unpaired) electrons. The monoisotopic (exact) mass is 239 g/mol. The van der Waals surface area contributed by atoms with Crippen molar-refractivity contribution in [3.05, 3.63) is 0 Å². The van der Waals surface area contributed by atoms with Crippen LogP contribution in [0.2, 0.25) is 0 Å². The molecule has 0 amide bonds. The summed E-state index contributed by atoms with van der Waals surface area (Å²) in [7, 11) is 0. The summed E-state index contributed by atoms with van der Waals surface area (Å²) in [5.74, 6) is 1.97. The minimum Gasteiger partial charge on any atom is -0.476 e. The van der Waals surface area contributed by atoms with Gasteiger partial charge in [-0.1, -0.05) is 13.8 Å². The molecule has 1 aliphatic heterocycles. The van der Waals surface area contributed by atoms with Gasteiger partial charge in [-0.15, -0.1) is 0 Å². The van der Waals surface area contributed by atoms with Crippen molar-refractivity contribution < 1.29 is 14.3 Å². The molecule has 2 aliphatic rings. The molecule has 0 bridgehead atoms. The van der Waals surface area contributed by atoms with Gasteiger partial charge >= 0.3 is 5.97 Å². The number of hydrogen-bond acceptors (Lipinski definition) is 4. The van der Waals surface area contributed by atoms with Gasteiger partial charge in [-0.3, -0.25) is 4.79 Å². The van der Waals surface area contributed by atoms with E-state index in [-0.39, 0.29) is 12.1 Å². The van der Waals surface area contributed by atoms with Gasteiger partial charge in [0.15, 0.2) is 5.90 Å². The zero-order chi connectivity index (χ0) is 12.6. The first kappa shape index (κ1) is 12.4. The van der Waals surface area contributed by atoms with E-state index in [9.17, 15) is 4.79 Å². The number of hydrogen-bond donors (Lipinski definition) is 0. The first-order chi connectivity index (χ1) is 7.99. The topological polar surface area (TPSA) is 47.9 Å². The average molecular weight is 239 g/mol. The van der Waals surface area contributed by atoms with Gasteiger partial charge in [0.25, 0.3) is 0 Å². The fraction of sp³-hybridized carbons (Fsp3) is 0.846. The Labute approximate surface area is 102 Å². The molecule has 0 aromatic heterocycles. The van der Waals surface area contributed by atoms with Crippen LogP contribution in [0, 0.1) is 17.8 Å². The van der Waals surface area contributed by atoms with E-state index >= 15 is 0 Å². The average Bonchev–Trinajstić information content (AvgIpc) is 2.62. The molecule has 0 aromatic carbocycles. The number of carbonyl (C=O) groups excluding carboxylic acids is 1. The molecular weight excluding hydrogens is 218 g/mol. The maximum absolute atomic E-state index is 10.9. The van der Waals surface area contributed by atoms with E-state index < -0.39 is 0 Å². The zero-order valence-corrected chi connectivity index (χ0v) is 11.0. The standard InChI is InChI=1S/C13H21NO3/c1-7-8(2)13-12(17-9(3)14-13)5-11(7)6-16-10(4)15/h7-8,11-13H,5-6H2,1-4H3. The van der Waals surface area contributed by atoms with E-state index in [0.29, 0.717) is 30.4 Å². The number of nitrogens with zero attached hydrogens (tertiary/aromatic N) is 1. The van der Waals surface area contributed by atoms with E-state index in [2.05, 4.69) is 18.8 Å². The van der Waals surface area contributed by atoms with Gasteiger partial charge in [0.1, 0.15) is 6.10 Å². The van der Waals surface area contributed by atoms with E-state index in [0.717, 1.165) is 12.3 Å². The molecular formula is C13H21NO3. The molecule has 4 nitrogen and oxygen atoms in total. The van der Waals surface area contributed by atoms with E-state index in [1.54, 1.807) is 0 Å². The summed E-state index contributed by atoms with van der Waals surface area (Å²) in [6.07, 6.45) is 1.12. The fourth-order valence-electron chi connectivity index (χ4n) is 2.95. The second-order valence-corrected chi connectivity index (χ2v) is 5.31. The maximum atomic E-state index is 10.9. The Morgan fingerprint density at radius 3 is 2.82 bits per heavy atom. The highest BCUT2D eigenvalue weighted by Crippen LogP contribution is 2.40. The predicted octanol–water partition coefficient (Wildman–Crippen LogP) is 2.03. The van der Waals surface area contributed by atoms with E-state index in [1.807, 2.05) is 6.92 Å². The highest BCUT2D eigenvalue weighted by molar-refractivity contribution is 5.75. The molecule has 4 heteroatoms. The Kier molecular flexibility index (Phi) is 3.40. The van der Waals surface area contributed by atoms with Gasteiger partial charge < -0.3 is 9.47 Å². The SMILES string of the molecule is CC(=O)OCC1CC2OC(C)=NC2C(C)C1C. The lowest BCUT2D eigenvalue weighted by atomic mass is 9.70. The molecule has 96 valence electrons. The van der Waals surface area contributed by atoms with Gasteiger partial charge in [-0.25, -0.2) is 4.99 Å². The minimum atomic E-state index is -0.202. The van der Waals surface area contributed by atoms with Crippen molar-refractivity contribution in [2.75, 3.05) is 6.61 Å². The molecule has 1 saturated carbocycles. The number of carbonyl (C=O) groups is 1. The molecule has 0 N–H and O–H groups in total. The van der Waals surface area contributed by atoms with Gasteiger partial charge in [0.2, 0.25) is 0 Å². The zero-order valence-electron chi connectivity index (χ0n) is 11.0. The van der Waals surface area contributed by atoms with Gasteiger partial charge in [0, 0.05) is 13.8 Å². The summed E-state index contributed by atoms with van der Waals surface area (Å²) >= 11 is 0. The second kappa shape index (κ2) is 4.67. The second-order valence-electron chi connectivity index (χ2n) is 5.31. The Balaban J connectivity index is 2.01. The number of esters is 1. The molecule has 1 heterocycles. The Morgan fingerprint density at radius 1 is 1.47 bits per heavy atom. The predicted molar refractivity (Wildman–Crippen MR) is 64.8 cm³/mol. The van der Waals surface area contributed by atoms with Crippen LogP contribution >= 0.6 is 0 Å². The van der Waals surface area contributed by atoms with Crippen molar-refractivity contribution in [3.63, 3.8) is 0 Å². The highest BCUT2D eigenvalue weighted by atomic mass is 16.5. The third kappa shape index (κ3) is 2.45. The van der Waals surface area contributed by atoms with Crippen LogP contribution in [0.25, 0.3) is 0 Å². The molecule has 0 saturated heterocycles. The van der Waals surface area contributed by atoms with Crippen molar-refractivity contribution in [1.82, 2.24) is 0 Å². The van der Waals surface area contributed by atoms with E-state index in [1.165, 1.54) is 6.92 Å². The van der Waals surface area contributed by atoms with Crippen LogP contribution in [0.1, 0.15) is 34.1 Å². The summed E-state index contributed by atoms with van der Waals surface area (Å²) in [5, 5.41) is 0. The lowest BCUT2D eigenvalue weighted by Gasteiger charge is -2.39. The number of aliphatic imine (C=N–C) groups is 1. The van der Waals surface area contributed by atoms with Crippen LogP contribution in [0.4, 0.5) is 0 Å². The molecule has 0 aromatic rings. The largest absolute Gasteiger partial charge is 0.476 e. The van der Waals surface area contributed by atoms with E-state index in [4.69, 9.17) is 9.47 Å². The first-order valence-corrected chi connectivity index (χ1v) is 6.33. The van der Waals surface area contributed by atoms with Crippen LogP contribution in [-0.2, 0) is 14.3 Å². The van der Waals surface area contributed by atoms with Crippen molar-refractivity contribution in [1.29, 1.82) is 0 Å².